The van der Waals surface area contributed by atoms with Gasteiger partial charge in [-0.25, -0.2) is 0 Å². The van der Waals surface area contributed by atoms with Gasteiger partial charge in [-0.3, -0.25) is 9.59 Å². The van der Waals surface area contributed by atoms with Gasteiger partial charge >= 0.3 is 5.97 Å². The average Bonchev–Trinajstić information content (AvgIpc) is 3.79. The molecule has 9 rings (SSSR count). The molecule has 1 amide bonds. The highest BCUT2D eigenvalue weighted by atomic mass is 16.5. The van der Waals surface area contributed by atoms with Gasteiger partial charge < -0.3 is 14.5 Å². The zero-order valence-electron chi connectivity index (χ0n) is 37.1. The summed E-state index contributed by atoms with van der Waals surface area (Å²) in [6.45, 7) is 27.6. The van der Waals surface area contributed by atoms with Crippen LogP contribution in [0.4, 0.5) is 0 Å². The lowest BCUT2D eigenvalue weighted by Gasteiger charge is -2.73. The minimum atomic E-state index is -0.139. The molecule has 12 atom stereocenters. The van der Waals surface area contributed by atoms with E-state index >= 15 is 4.79 Å². The topological polar surface area (TPSA) is 49.9 Å². The molecule has 310 valence electrons. The van der Waals surface area contributed by atoms with Gasteiger partial charge in [0.15, 0.2) is 0 Å². The largest absolute Gasteiger partial charge is 0.462 e. The smallest absolute Gasteiger partial charge is 0.309 e. The Bertz CT molecular complexity index is 1670. The summed E-state index contributed by atoms with van der Waals surface area (Å²) < 4.78 is 6.72. The van der Waals surface area contributed by atoms with Crippen molar-refractivity contribution in [2.75, 3.05) is 32.7 Å². The highest BCUT2D eigenvalue weighted by Gasteiger charge is 2.74. The van der Waals surface area contributed by atoms with E-state index < -0.39 is 0 Å². The van der Waals surface area contributed by atoms with Gasteiger partial charge in [0.25, 0.3) is 0 Å². The van der Waals surface area contributed by atoms with Crippen molar-refractivity contribution >= 4 is 11.9 Å². The average molecular weight is 767 g/mol. The second-order valence-corrected chi connectivity index (χ2v) is 23.7. The molecule has 1 heterocycles. The maximum atomic E-state index is 15.1. The van der Waals surface area contributed by atoms with Crippen LogP contribution < -0.4 is 0 Å². The molecule has 8 aliphatic rings. The number of carbonyl (C=O) groups is 2. The third kappa shape index (κ3) is 5.59. The van der Waals surface area contributed by atoms with Crippen LogP contribution in [0.15, 0.2) is 30.3 Å². The number of fused-ring (bicyclic) bond motifs is 7. The summed E-state index contributed by atoms with van der Waals surface area (Å²) in [6, 6.07) is 10.8. The van der Waals surface area contributed by atoms with E-state index in [1.807, 2.05) is 0 Å². The molecule has 0 spiro atoms. The summed E-state index contributed by atoms with van der Waals surface area (Å²) in [5.74, 6) is 4.26. The fourth-order valence-electron chi connectivity index (χ4n) is 17.0. The minimum Gasteiger partial charge on any atom is -0.462 e. The van der Waals surface area contributed by atoms with Gasteiger partial charge in [0.05, 0.1) is 11.3 Å². The lowest BCUT2D eigenvalue weighted by molar-refractivity contribution is -0.253. The molecule has 0 unspecified atom stereocenters. The van der Waals surface area contributed by atoms with Crippen LogP contribution in [0, 0.1) is 79.3 Å². The van der Waals surface area contributed by atoms with Crippen LogP contribution in [-0.2, 0) is 20.7 Å². The first-order valence-corrected chi connectivity index (χ1v) is 23.7. The molecule has 1 aromatic carbocycles. The third-order valence-electron chi connectivity index (χ3n) is 21.2. The Kier molecular flexibility index (Phi) is 9.41. The third-order valence-corrected chi connectivity index (χ3v) is 21.2. The number of nitrogens with zero attached hydrogens (tertiary/aromatic N) is 2. The van der Waals surface area contributed by atoms with Crippen LogP contribution >= 0.6 is 0 Å². The van der Waals surface area contributed by atoms with Gasteiger partial charge in [-0.15, -0.1) is 0 Å². The van der Waals surface area contributed by atoms with E-state index in [1.54, 1.807) is 0 Å². The Labute approximate surface area is 341 Å². The number of hydrogen-bond acceptors (Lipinski definition) is 4. The van der Waals surface area contributed by atoms with E-state index in [9.17, 15) is 4.79 Å². The van der Waals surface area contributed by atoms with Crippen LogP contribution in [0.25, 0.3) is 0 Å². The molecule has 5 heteroatoms. The predicted molar refractivity (Wildman–Crippen MR) is 226 cm³/mol. The molecule has 56 heavy (non-hydrogen) atoms. The molecule has 7 saturated carbocycles. The molecular formula is C51H78N2O3. The van der Waals surface area contributed by atoms with Gasteiger partial charge in [0.1, 0.15) is 6.10 Å². The minimum absolute atomic E-state index is 0.00578. The van der Waals surface area contributed by atoms with Crippen LogP contribution in [0.3, 0.4) is 0 Å². The van der Waals surface area contributed by atoms with E-state index in [-0.39, 0.29) is 50.5 Å². The summed E-state index contributed by atoms with van der Waals surface area (Å²) in [5.41, 5.74) is 2.36. The van der Waals surface area contributed by atoms with Crippen LogP contribution in [0.1, 0.15) is 151 Å². The Morgan fingerprint density at radius 3 is 2.07 bits per heavy atom. The van der Waals surface area contributed by atoms with Crippen molar-refractivity contribution < 1.29 is 14.3 Å². The van der Waals surface area contributed by atoms with Crippen molar-refractivity contribution in [1.29, 1.82) is 0 Å². The van der Waals surface area contributed by atoms with Crippen LogP contribution in [0.2, 0.25) is 0 Å². The zero-order valence-corrected chi connectivity index (χ0v) is 37.1. The lowest BCUT2D eigenvalue weighted by Crippen LogP contribution is -2.68. The van der Waals surface area contributed by atoms with Gasteiger partial charge in [0, 0.05) is 31.6 Å². The number of esters is 1. The second kappa shape index (κ2) is 13.3. The molecular weight excluding hydrogens is 689 g/mol. The number of amides is 1. The van der Waals surface area contributed by atoms with Crippen molar-refractivity contribution in [2.24, 2.45) is 79.3 Å². The SMILES string of the molecule is CCN1CCN(C(=O)[C@]23CC[C@@H](C4(C)CC4)[C@@H]2[C@H]2CC[C@@H]4[C@@]5(C)CC[C@H](OC(=O)[C@H]6C[C@@H](Cc7ccccc7)C6(C)C)C(C)(C)[C@@H]5CC[C@@]4(C)[C@]2(C)CC3)CC1. The second-order valence-electron chi connectivity index (χ2n) is 23.7. The standard InChI is InChI=1S/C51H78N2O3/c1-10-52-28-30-53(31-29-52)44(55)51-23-18-36(47(6)24-25-47)42(51)37-16-17-40-48(7)21-20-41(46(4,5)39(48)19-22-50(40,9)49(37,8)26-27-51)56-43(54)38-33-35(45(38,2)3)32-34-14-12-11-13-15-34/h11-15,35-42H,10,16-33H2,1-9H3/t35-,36-,37-,38-,39+,40-,41+,42-,48+,49-,50-,51+/m1/s1. The maximum absolute atomic E-state index is 15.1. The first-order valence-electron chi connectivity index (χ1n) is 23.7. The molecule has 1 aromatic rings. The molecule has 1 aliphatic heterocycles. The number of ether oxygens (including phenoxy) is 1. The van der Waals surface area contributed by atoms with Crippen molar-refractivity contribution in [3.05, 3.63) is 35.9 Å². The first-order chi connectivity index (χ1) is 26.4. The number of benzene rings is 1. The maximum Gasteiger partial charge on any atom is 0.309 e. The molecule has 5 nitrogen and oxygen atoms in total. The van der Waals surface area contributed by atoms with Crippen LogP contribution in [0.5, 0.6) is 0 Å². The number of carbonyl (C=O) groups excluding carboxylic acids is 2. The number of piperazine rings is 1. The zero-order chi connectivity index (χ0) is 39.7. The number of likely N-dealkylation sites (N-methyl/N-ethyl adjacent to an activating group) is 1. The van der Waals surface area contributed by atoms with E-state index in [0.717, 1.165) is 64.8 Å². The molecule has 0 radical (unpaired) electrons. The summed E-state index contributed by atoms with van der Waals surface area (Å²) in [4.78, 5) is 34.0. The van der Waals surface area contributed by atoms with Gasteiger partial charge in [-0.2, -0.15) is 0 Å². The molecule has 1 saturated heterocycles. The normalized spacial score (nSPS) is 46.0. The number of hydrogen-bond donors (Lipinski definition) is 0. The molecule has 0 bridgehead atoms. The summed E-state index contributed by atoms with van der Waals surface area (Å²) >= 11 is 0. The molecule has 8 fully saturated rings. The predicted octanol–water partition coefficient (Wildman–Crippen LogP) is 10.8. The fraction of sp³-hybridized carbons (Fsp3) is 0.843. The quantitative estimate of drug-likeness (QED) is 0.259. The Morgan fingerprint density at radius 1 is 0.696 bits per heavy atom. The van der Waals surface area contributed by atoms with Crippen molar-refractivity contribution in [3.63, 3.8) is 0 Å². The summed E-state index contributed by atoms with van der Waals surface area (Å²) in [7, 11) is 0. The molecule has 0 aromatic heterocycles. The lowest BCUT2D eigenvalue weighted by atomic mass is 9.32. The Hall–Kier alpha value is -1.88. The van der Waals surface area contributed by atoms with E-state index in [4.69, 9.17) is 4.74 Å². The van der Waals surface area contributed by atoms with Gasteiger partial charge in [0.2, 0.25) is 5.91 Å². The first kappa shape index (κ1) is 39.6. The number of rotatable bonds is 7. The van der Waals surface area contributed by atoms with E-state index in [0.29, 0.717) is 46.8 Å². The monoisotopic (exact) mass is 767 g/mol. The highest BCUT2D eigenvalue weighted by Crippen LogP contribution is 2.79. The van der Waals surface area contributed by atoms with Crippen molar-refractivity contribution in [2.45, 2.75) is 158 Å². The molecule has 0 N–H and O–H groups in total. The Morgan fingerprint density at radius 2 is 1.41 bits per heavy atom. The van der Waals surface area contributed by atoms with Crippen molar-refractivity contribution in [1.82, 2.24) is 9.80 Å². The summed E-state index contributed by atoms with van der Waals surface area (Å²) in [5, 5.41) is 0. The fourth-order valence-corrected chi connectivity index (χ4v) is 17.0. The summed E-state index contributed by atoms with van der Waals surface area (Å²) in [6.07, 6.45) is 16.7. The highest BCUT2D eigenvalue weighted by molar-refractivity contribution is 5.84. The Balaban J connectivity index is 0.932. The van der Waals surface area contributed by atoms with E-state index in [1.165, 1.54) is 63.4 Å². The van der Waals surface area contributed by atoms with Gasteiger partial charge in [-0.05, 0) is 165 Å². The van der Waals surface area contributed by atoms with E-state index in [2.05, 4.69) is 102 Å². The van der Waals surface area contributed by atoms with Gasteiger partial charge in [-0.1, -0.05) is 92.6 Å². The van der Waals surface area contributed by atoms with Crippen molar-refractivity contribution in [3.8, 4) is 0 Å². The van der Waals surface area contributed by atoms with Crippen LogP contribution in [-0.4, -0.2) is 60.5 Å². The molecule has 7 aliphatic carbocycles.